The first-order chi connectivity index (χ1) is 12.8. The van der Waals surface area contributed by atoms with Crippen molar-refractivity contribution in [2.75, 3.05) is 0 Å². The minimum Gasteiger partial charge on any atom is -0.459 e. The average Bonchev–Trinajstić information content (AvgIpc) is 2.65. The van der Waals surface area contributed by atoms with Crippen molar-refractivity contribution in [3.05, 3.63) is 69.4 Å². The third-order valence-electron chi connectivity index (χ3n) is 3.87. The molecule has 27 heavy (non-hydrogen) atoms. The second-order valence-electron chi connectivity index (χ2n) is 6.20. The van der Waals surface area contributed by atoms with E-state index in [0.717, 1.165) is 6.07 Å². The van der Waals surface area contributed by atoms with Crippen LogP contribution < -0.4 is 5.32 Å². The molecule has 0 aliphatic heterocycles. The van der Waals surface area contributed by atoms with Crippen LogP contribution in [0.3, 0.4) is 0 Å². The number of carbonyl (C=O) groups excluding carboxylic acids is 2. The Morgan fingerprint density at radius 1 is 1.26 bits per heavy atom. The molecule has 0 heterocycles. The number of hydrogen-bond donors (Lipinski definition) is 1. The minimum absolute atomic E-state index is 0.0991. The van der Waals surface area contributed by atoms with E-state index in [1.165, 1.54) is 12.1 Å². The summed E-state index contributed by atoms with van der Waals surface area (Å²) < 4.78 is 19.6. The normalized spacial score (nSPS) is 11.6. The zero-order chi connectivity index (χ0) is 20.0. The lowest BCUT2D eigenvalue weighted by molar-refractivity contribution is -0.148. The zero-order valence-electron chi connectivity index (χ0n) is 14.8. The Bertz CT molecular complexity index is 893. The molecule has 0 fully saturated rings. The molecule has 2 aromatic rings. The number of nitrogens with zero attached hydrogens (tertiary/aromatic N) is 1. The maximum Gasteiger partial charge on any atom is 0.329 e. The van der Waals surface area contributed by atoms with Crippen molar-refractivity contribution in [3.8, 4) is 6.07 Å². The van der Waals surface area contributed by atoms with Crippen LogP contribution in [0.25, 0.3) is 0 Å². The predicted molar refractivity (Wildman–Crippen MR) is 101 cm³/mol. The second kappa shape index (κ2) is 9.28. The smallest absolute Gasteiger partial charge is 0.329 e. The van der Waals surface area contributed by atoms with Crippen LogP contribution in [0.1, 0.15) is 35.3 Å². The molecule has 0 saturated carbocycles. The van der Waals surface area contributed by atoms with Crippen molar-refractivity contribution >= 4 is 27.8 Å². The van der Waals surface area contributed by atoms with E-state index < -0.39 is 23.7 Å². The summed E-state index contributed by atoms with van der Waals surface area (Å²) in [5.74, 6) is -1.90. The molecule has 7 heteroatoms. The number of esters is 1. The van der Waals surface area contributed by atoms with Gasteiger partial charge in [0.25, 0.3) is 5.91 Å². The summed E-state index contributed by atoms with van der Waals surface area (Å²) in [6.07, 6.45) is 0. The number of rotatable bonds is 6. The number of hydrogen-bond acceptors (Lipinski definition) is 4. The van der Waals surface area contributed by atoms with E-state index in [0.29, 0.717) is 10.0 Å². The maximum absolute atomic E-state index is 13.8. The van der Waals surface area contributed by atoms with Gasteiger partial charge < -0.3 is 10.1 Å². The summed E-state index contributed by atoms with van der Waals surface area (Å²) in [6.45, 7) is 3.21. The Morgan fingerprint density at radius 2 is 1.96 bits per heavy atom. The van der Waals surface area contributed by atoms with Gasteiger partial charge in [-0.1, -0.05) is 26.0 Å². The molecule has 0 aliphatic carbocycles. The van der Waals surface area contributed by atoms with Crippen molar-refractivity contribution in [2.24, 2.45) is 5.92 Å². The van der Waals surface area contributed by atoms with Crippen molar-refractivity contribution in [1.82, 2.24) is 5.32 Å². The van der Waals surface area contributed by atoms with Crippen LogP contribution in [0, 0.1) is 23.1 Å². The lowest BCUT2D eigenvalue weighted by Crippen LogP contribution is -2.45. The molecular formula is C20H18BrFN2O3. The molecule has 5 nitrogen and oxygen atoms in total. The SMILES string of the molecule is CC(C)[C@H](NC(=O)c1ccccc1Br)C(=O)OCc1cc(C#N)ccc1F. The molecule has 0 aromatic heterocycles. The molecular weight excluding hydrogens is 415 g/mol. The van der Waals surface area contributed by atoms with Crippen molar-refractivity contribution in [3.63, 3.8) is 0 Å². The number of amides is 1. The Morgan fingerprint density at radius 3 is 2.59 bits per heavy atom. The molecule has 0 spiro atoms. The number of benzene rings is 2. The molecule has 2 aromatic carbocycles. The Hall–Kier alpha value is -2.72. The summed E-state index contributed by atoms with van der Waals surface area (Å²) in [5, 5.41) is 11.5. The van der Waals surface area contributed by atoms with E-state index in [4.69, 9.17) is 10.00 Å². The van der Waals surface area contributed by atoms with Gasteiger partial charge in [-0.25, -0.2) is 9.18 Å². The summed E-state index contributed by atoms with van der Waals surface area (Å²) in [5.41, 5.74) is 0.760. The Balaban J connectivity index is 2.08. The van der Waals surface area contributed by atoms with Crippen LogP contribution in [-0.4, -0.2) is 17.9 Å². The molecule has 140 valence electrons. The first-order valence-electron chi connectivity index (χ1n) is 8.24. The molecule has 0 radical (unpaired) electrons. The highest BCUT2D eigenvalue weighted by Crippen LogP contribution is 2.17. The average molecular weight is 433 g/mol. The first-order valence-corrected chi connectivity index (χ1v) is 9.03. The monoisotopic (exact) mass is 432 g/mol. The van der Waals surface area contributed by atoms with Crippen molar-refractivity contribution in [2.45, 2.75) is 26.5 Å². The number of nitrogens with one attached hydrogen (secondary N) is 1. The third-order valence-corrected chi connectivity index (χ3v) is 4.56. The topological polar surface area (TPSA) is 79.2 Å². The molecule has 0 saturated heterocycles. The summed E-state index contributed by atoms with van der Waals surface area (Å²) in [7, 11) is 0. The Labute approximate surface area is 165 Å². The van der Waals surface area contributed by atoms with E-state index >= 15 is 0 Å². The lowest BCUT2D eigenvalue weighted by Gasteiger charge is -2.21. The van der Waals surface area contributed by atoms with Gasteiger partial charge in [0.1, 0.15) is 18.5 Å². The number of nitriles is 1. The van der Waals surface area contributed by atoms with Gasteiger partial charge in [-0.2, -0.15) is 5.26 Å². The van der Waals surface area contributed by atoms with Gasteiger partial charge >= 0.3 is 5.97 Å². The van der Waals surface area contributed by atoms with Crippen LogP contribution >= 0.6 is 15.9 Å². The number of carbonyl (C=O) groups is 2. The van der Waals surface area contributed by atoms with Gasteiger partial charge in [-0.15, -0.1) is 0 Å². The van der Waals surface area contributed by atoms with E-state index in [1.807, 2.05) is 6.07 Å². The van der Waals surface area contributed by atoms with Gasteiger partial charge in [0, 0.05) is 10.0 Å². The molecule has 0 unspecified atom stereocenters. The highest BCUT2D eigenvalue weighted by Gasteiger charge is 2.27. The molecule has 1 amide bonds. The highest BCUT2D eigenvalue weighted by atomic mass is 79.9. The van der Waals surface area contributed by atoms with Gasteiger partial charge in [0.2, 0.25) is 0 Å². The van der Waals surface area contributed by atoms with Crippen molar-refractivity contribution in [1.29, 1.82) is 5.26 Å². The molecule has 2 rings (SSSR count). The van der Waals surface area contributed by atoms with E-state index in [-0.39, 0.29) is 23.7 Å². The Kier molecular flexibility index (Phi) is 7.08. The summed E-state index contributed by atoms with van der Waals surface area (Å²) in [4.78, 5) is 24.9. The van der Waals surface area contributed by atoms with Gasteiger partial charge in [0.05, 0.1) is 17.2 Å². The maximum atomic E-state index is 13.8. The fraction of sp³-hybridized carbons (Fsp3) is 0.250. The fourth-order valence-electron chi connectivity index (χ4n) is 2.36. The van der Waals surface area contributed by atoms with Crippen LogP contribution in [-0.2, 0) is 16.1 Å². The third kappa shape index (κ3) is 5.38. The largest absolute Gasteiger partial charge is 0.459 e. The number of halogens is 2. The van der Waals surface area contributed by atoms with Gasteiger partial charge in [-0.05, 0) is 52.2 Å². The van der Waals surface area contributed by atoms with Crippen LogP contribution in [0.4, 0.5) is 4.39 Å². The second-order valence-corrected chi connectivity index (χ2v) is 7.06. The first kappa shape index (κ1) is 20.6. The summed E-state index contributed by atoms with van der Waals surface area (Å²) in [6, 6.07) is 11.7. The van der Waals surface area contributed by atoms with E-state index in [9.17, 15) is 14.0 Å². The standard InChI is InChI=1S/C20H18BrFN2O3/c1-12(2)18(24-19(25)15-5-3-4-6-16(15)21)20(26)27-11-14-9-13(10-23)7-8-17(14)22/h3-9,12,18H,11H2,1-2H3,(H,24,25)/t18-/m0/s1. The summed E-state index contributed by atoms with van der Waals surface area (Å²) >= 11 is 3.30. The highest BCUT2D eigenvalue weighted by molar-refractivity contribution is 9.10. The van der Waals surface area contributed by atoms with E-state index in [2.05, 4.69) is 21.2 Å². The quantitative estimate of drug-likeness (QED) is 0.700. The lowest BCUT2D eigenvalue weighted by atomic mass is 10.0. The van der Waals surface area contributed by atoms with Crippen LogP contribution in [0.2, 0.25) is 0 Å². The van der Waals surface area contributed by atoms with Gasteiger partial charge in [-0.3, -0.25) is 4.79 Å². The van der Waals surface area contributed by atoms with Crippen molar-refractivity contribution < 1.29 is 18.7 Å². The fourth-order valence-corrected chi connectivity index (χ4v) is 2.82. The molecule has 1 atom stereocenters. The van der Waals surface area contributed by atoms with Crippen LogP contribution in [0.5, 0.6) is 0 Å². The zero-order valence-corrected chi connectivity index (χ0v) is 16.4. The van der Waals surface area contributed by atoms with Crippen LogP contribution in [0.15, 0.2) is 46.9 Å². The molecule has 0 bridgehead atoms. The number of ether oxygens (including phenoxy) is 1. The predicted octanol–water partition coefficient (Wildman–Crippen LogP) is 3.96. The van der Waals surface area contributed by atoms with Gasteiger partial charge in [0.15, 0.2) is 0 Å². The minimum atomic E-state index is -0.896. The van der Waals surface area contributed by atoms with E-state index in [1.54, 1.807) is 38.1 Å². The molecule has 0 aliphatic rings. The molecule has 1 N–H and O–H groups in total.